The number of hydrogen-bond acceptors (Lipinski definition) is 6. The third-order valence-corrected chi connectivity index (χ3v) is 8.25. The number of nitrogens with zero attached hydrogens (tertiary/aromatic N) is 3. The highest BCUT2D eigenvalue weighted by Crippen LogP contribution is 2.38. The standard InChI is InChI=1S/C21H20N4O2S2/c1-11-23-20-18(13-5-2-3-7-16(13)29-20)21(27)25(11)10-17(26)24-19-14(9-22)12-6-4-8-15(12)28-19/h2-8,10H2,1H3,(H,24,26). The fraction of sp³-hybridized carbons (Fsp3) is 0.429. The zero-order valence-corrected chi connectivity index (χ0v) is 17.8. The number of carbonyl (C=O) groups excluding carboxylic acids is 1. The zero-order valence-electron chi connectivity index (χ0n) is 16.1. The molecule has 2 aliphatic carbocycles. The van der Waals surface area contributed by atoms with E-state index in [2.05, 4.69) is 16.4 Å². The second kappa shape index (κ2) is 7.08. The number of fused-ring (bicyclic) bond motifs is 4. The minimum absolute atomic E-state index is 0.0916. The highest BCUT2D eigenvalue weighted by atomic mass is 32.1. The van der Waals surface area contributed by atoms with Crippen LogP contribution in [-0.2, 0) is 37.0 Å². The lowest BCUT2D eigenvalue weighted by Crippen LogP contribution is -2.30. The van der Waals surface area contributed by atoms with E-state index in [9.17, 15) is 14.9 Å². The minimum Gasteiger partial charge on any atom is -0.315 e. The summed E-state index contributed by atoms with van der Waals surface area (Å²) in [5, 5.41) is 13.7. The third-order valence-electron chi connectivity index (χ3n) is 5.85. The Balaban J connectivity index is 1.47. The Morgan fingerprint density at radius 1 is 1.14 bits per heavy atom. The van der Waals surface area contributed by atoms with E-state index < -0.39 is 0 Å². The van der Waals surface area contributed by atoms with Gasteiger partial charge in [0.25, 0.3) is 5.56 Å². The lowest BCUT2D eigenvalue weighted by molar-refractivity contribution is -0.116. The predicted molar refractivity (Wildman–Crippen MR) is 115 cm³/mol. The van der Waals surface area contributed by atoms with Gasteiger partial charge in [0.05, 0.1) is 10.9 Å². The van der Waals surface area contributed by atoms with E-state index in [1.165, 1.54) is 25.7 Å². The Morgan fingerprint density at radius 2 is 1.86 bits per heavy atom. The summed E-state index contributed by atoms with van der Waals surface area (Å²) in [6, 6.07) is 2.24. The van der Waals surface area contributed by atoms with Gasteiger partial charge in [0.1, 0.15) is 28.3 Å². The zero-order chi connectivity index (χ0) is 20.1. The number of carbonyl (C=O) groups is 1. The van der Waals surface area contributed by atoms with Crippen molar-refractivity contribution in [2.24, 2.45) is 0 Å². The predicted octanol–water partition coefficient (Wildman–Crippen LogP) is 3.71. The summed E-state index contributed by atoms with van der Waals surface area (Å²) in [5.41, 5.74) is 2.66. The smallest absolute Gasteiger partial charge is 0.263 e. The first-order valence-electron chi connectivity index (χ1n) is 9.93. The van der Waals surface area contributed by atoms with Crippen LogP contribution >= 0.6 is 22.7 Å². The van der Waals surface area contributed by atoms with Crippen LogP contribution in [0.25, 0.3) is 10.2 Å². The van der Waals surface area contributed by atoms with Gasteiger partial charge in [0.15, 0.2) is 0 Å². The van der Waals surface area contributed by atoms with Gasteiger partial charge < -0.3 is 5.32 Å². The molecule has 8 heteroatoms. The third kappa shape index (κ3) is 3.00. The first-order chi connectivity index (χ1) is 14.1. The van der Waals surface area contributed by atoms with Gasteiger partial charge in [-0.2, -0.15) is 5.26 Å². The molecule has 0 radical (unpaired) electrons. The number of thiophene rings is 2. The lowest BCUT2D eigenvalue weighted by atomic mass is 9.97. The summed E-state index contributed by atoms with van der Waals surface area (Å²) in [6.45, 7) is 1.68. The molecule has 0 spiro atoms. The van der Waals surface area contributed by atoms with E-state index in [0.29, 0.717) is 21.8 Å². The summed E-state index contributed by atoms with van der Waals surface area (Å²) >= 11 is 3.10. The van der Waals surface area contributed by atoms with E-state index in [1.54, 1.807) is 18.3 Å². The Labute approximate surface area is 175 Å². The van der Waals surface area contributed by atoms with Crippen molar-refractivity contribution >= 4 is 43.8 Å². The van der Waals surface area contributed by atoms with Crippen LogP contribution in [0.3, 0.4) is 0 Å². The molecule has 1 N–H and O–H groups in total. The molecule has 5 rings (SSSR count). The van der Waals surface area contributed by atoms with Crippen LogP contribution < -0.4 is 10.9 Å². The molecule has 0 saturated heterocycles. The Hall–Kier alpha value is -2.50. The van der Waals surface area contributed by atoms with Gasteiger partial charge in [0, 0.05) is 9.75 Å². The van der Waals surface area contributed by atoms with Crippen LogP contribution in [0.5, 0.6) is 0 Å². The number of anilines is 1. The van der Waals surface area contributed by atoms with Crippen LogP contribution in [0.15, 0.2) is 4.79 Å². The van der Waals surface area contributed by atoms with Gasteiger partial charge in [-0.25, -0.2) is 4.98 Å². The molecule has 0 saturated carbocycles. The van der Waals surface area contributed by atoms with Gasteiger partial charge in [-0.15, -0.1) is 22.7 Å². The molecule has 3 heterocycles. The highest BCUT2D eigenvalue weighted by molar-refractivity contribution is 7.18. The maximum absolute atomic E-state index is 13.2. The van der Waals surface area contributed by atoms with Crippen molar-refractivity contribution in [3.63, 3.8) is 0 Å². The monoisotopic (exact) mass is 424 g/mol. The van der Waals surface area contributed by atoms with Gasteiger partial charge in [-0.3, -0.25) is 14.2 Å². The van der Waals surface area contributed by atoms with Crippen molar-refractivity contribution < 1.29 is 4.79 Å². The number of nitrogens with one attached hydrogen (secondary N) is 1. The van der Waals surface area contributed by atoms with Gasteiger partial charge in [-0.05, 0) is 63.0 Å². The molecular formula is C21H20N4O2S2. The van der Waals surface area contributed by atoms with Crippen molar-refractivity contribution in [2.75, 3.05) is 5.32 Å². The van der Waals surface area contributed by atoms with E-state index in [1.807, 2.05) is 0 Å². The summed E-state index contributed by atoms with van der Waals surface area (Å²) < 4.78 is 1.46. The molecule has 3 aromatic heterocycles. The summed E-state index contributed by atoms with van der Waals surface area (Å²) in [5.74, 6) is 0.252. The highest BCUT2D eigenvalue weighted by Gasteiger charge is 2.24. The molecule has 0 aromatic carbocycles. The first kappa shape index (κ1) is 18.5. The number of hydrogen-bond donors (Lipinski definition) is 1. The normalized spacial score (nSPS) is 15.2. The summed E-state index contributed by atoms with van der Waals surface area (Å²) in [7, 11) is 0. The van der Waals surface area contributed by atoms with E-state index in [0.717, 1.165) is 60.9 Å². The van der Waals surface area contributed by atoms with Gasteiger partial charge in [0.2, 0.25) is 5.91 Å². The van der Waals surface area contributed by atoms with Crippen molar-refractivity contribution in [2.45, 2.75) is 58.4 Å². The van der Waals surface area contributed by atoms with Crippen LogP contribution in [0.4, 0.5) is 5.00 Å². The van der Waals surface area contributed by atoms with E-state index in [4.69, 9.17) is 0 Å². The number of aryl methyl sites for hydroxylation is 4. The van der Waals surface area contributed by atoms with E-state index in [-0.39, 0.29) is 18.0 Å². The molecular weight excluding hydrogens is 404 g/mol. The molecule has 0 fully saturated rings. The molecule has 2 aliphatic rings. The Bertz CT molecular complexity index is 1260. The fourth-order valence-corrected chi connectivity index (χ4v) is 7.00. The minimum atomic E-state index is -0.295. The largest absolute Gasteiger partial charge is 0.315 e. The number of amides is 1. The molecule has 3 aromatic rings. The van der Waals surface area contributed by atoms with Crippen LogP contribution in [0.1, 0.15) is 51.5 Å². The van der Waals surface area contributed by atoms with Crippen molar-refractivity contribution in [1.82, 2.24) is 9.55 Å². The molecule has 1 amide bonds. The summed E-state index contributed by atoms with van der Waals surface area (Å²) in [4.78, 5) is 33.8. The lowest BCUT2D eigenvalue weighted by Gasteiger charge is -2.12. The van der Waals surface area contributed by atoms with Crippen molar-refractivity contribution in [3.05, 3.63) is 42.6 Å². The SMILES string of the molecule is Cc1nc2sc3c(c2c(=O)n1CC(=O)Nc1sc2c(c1C#N)CCC2)CCCC3. The number of nitriles is 1. The Kier molecular flexibility index (Phi) is 4.52. The fourth-order valence-electron chi connectivity index (χ4n) is 4.45. The first-order valence-corrected chi connectivity index (χ1v) is 11.6. The molecule has 0 aliphatic heterocycles. The van der Waals surface area contributed by atoms with Gasteiger partial charge in [-0.1, -0.05) is 0 Å². The molecule has 0 atom stereocenters. The Morgan fingerprint density at radius 3 is 2.69 bits per heavy atom. The second-order valence-corrected chi connectivity index (χ2v) is 9.85. The van der Waals surface area contributed by atoms with Gasteiger partial charge >= 0.3 is 0 Å². The molecule has 29 heavy (non-hydrogen) atoms. The number of rotatable bonds is 3. The van der Waals surface area contributed by atoms with Crippen LogP contribution in [0.2, 0.25) is 0 Å². The van der Waals surface area contributed by atoms with Crippen molar-refractivity contribution in [3.8, 4) is 6.07 Å². The maximum atomic E-state index is 13.2. The number of aromatic nitrogens is 2. The average molecular weight is 425 g/mol. The topological polar surface area (TPSA) is 87.8 Å². The van der Waals surface area contributed by atoms with Crippen LogP contribution in [0, 0.1) is 18.3 Å². The molecule has 0 bridgehead atoms. The average Bonchev–Trinajstić information content (AvgIpc) is 3.37. The molecule has 6 nitrogen and oxygen atoms in total. The second-order valence-electron chi connectivity index (χ2n) is 7.66. The maximum Gasteiger partial charge on any atom is 0.263 e. The quantitative estimate of drug-likeness (QED) is 0.694. The van der Waals surface area contributed by atoms with E-state index >= 15 is 0 Å². The molecule has 0 unspecified atom stereocenters. The van der Waals surface area contributed by atoms with Crippen molar-refractivity contribution in [1.29, 1.82) is 5.26 Å². The summed E-state index contributed by atoms with van der Waals surface area (Å²) in [6.07, 6.45) is 7.09. The molecule has 148 valence electrons. The van der Waals surface area contributed by atoms with Crippen LogP contribution in [-0.4, -0.2) is 15.5 Å².